The molecule has 0 amide bonds. The zero-order chi connectivity index (χ0) is 13.9. The minimum absolute atomic E-state index is 0.122. The molecule has 0 fully saturated rings. The molecule has 1 aromatic heterocycles. The second-order valence-electron chi connectivity index (χ2n) is 4.99. The lowest BCUT2D eigenvalue weighted by Crippen LogP contribution is -2.17. The summed E-state index contributed by atoms with van der Waals surface area (Å²) in [6.45, 7) is 0.624. The molecule has 0 saturated carbocycles. The molecule has 1 aromatic carbocycles. The Morgan fingerprint density at radius 3 is 3.00 bits per heavy atom. The van der Waals surface area contributed by atoms with E-state index in [1.807, 2.05) is 24.3 Å². The van der Waals surface area contributed by atoms with E-state index in [2.05, 4.69) is 4.98 Å². The van der Waals surface area contributed by atoms with Gasteiger partial charge in [-0.2, -0.15) is 0 Å². The van der Waals surface area contributed by atoms with Gasteiger partial charge >= 0.3 is 0 Å². The van der Waals surface area contributed by atoms with Crippen molar-refractivity contribution >= 4 is 0 Å². The average molecular weight is 273 g/mol. The van der Waals surface area contributed by atoms with Crippen LogP contribution in [0.3, 0.4) is 0 Å². The molecule has 2 atom stereocenters. The average Bonchev–Trinajstić information content (AvgIpc) is 2.48. The molecule has 3 rings (SSSR count). The SMILES string of the molecule is OC(CC1CCOc2ccccc21)c1ncccc1F. The summed E-state index contributed by atoms with van der Waals surface area (Å²) in [5, 5.41) is 10.2. The topological polar surface area (TPSA) is 42.4 Å². The summed E-state index contributed by atoms with van der Waals surface area (Å²) in [7, 11) is 0. The van der Waals surface area contributed by atoms with Crippen molar-refractivity contribution in [2.45, 2.75) is 24.9 Å². The van der Waals surface area contributed by atoms with Crippen LogP contribution < -0.4 is 4.74 Å². The Bertz CT molecular complexity index is 603. The Morgan fingerprint density at radius 2 is 2.15 bits per heavy atom. The fraction of sp³-hybridized carbons (Fsp3) is 0.312. The number of rotatable bonds is 3. The molecule has 1 aliphatic rings. The highest BCUT2D eigenvalue weighted by Crippen LogP contribution is 2.38. The Balaban J connectivity index is 1.81. The first-order valence-corrected chi connectivity index (χ1v) is 6.76. The van der Waals surface area contributed by atoms with Crippen LogP contribution in [0.2, 0.25) is 0 Å². The number of benzene rings is 1. The van der Waals surface area contributed by atoms with Crippen LogP contribution in [0.5, 0.6) is 5.75 Å². The third-order valence-corrected chi connectivity index (χ3v) is 3.69. The highest BCUT2D eigenvalue weighted by atomic mass is 19.1. The van der Waals surface area contributed by atoms with E-state index in [4.69, 9.17) is 4.74 Å². The van der Waals surface area contributed by atoms with Crippen LogP contribution in [0.4, 0.5) is 4.39 Å². The van der Waals surface area contributed by atoms with E-state index in [0.717, 1.165) is 17.7 Å². The summed E-state index contributed by atoms with van der Waals surface area (Å²) < 4.78 is 19.2. The molecule has 1 aliphatic heterocycles. The number of aliphatic hydroxyl groups is 1. The number of pyridine rings is 1. The second-order valence-corrected chi connectivity index (χ2v) is 4.99. The normalized spacial score (nSPS) is 19.0. The Hall–Kier alpha value is -1.94. The van der Waals surface area contributed by atoms with E-state index in [9.17, 15) is 9.50 Å². The molecule has 0 spiro atoms. The molecule has 4 heteroatoms. The maximum atomic E-state index is 13.6. The van der Waals surface area contributed by atoms with Gasteiger partial charge in [-0.1, -0.05) is 18.2 Å². The van der Waals surface area contributed by atoms with E-state index in [0.29, 0.717) is 13.0 Å². The van der Waals surface area contributed by atoms with E-state index in [-0.39, 0.29) is 11.6 Å². The van der Waals surface area contributed by atoms with Gasteiger partial charge in [0, 0.05) is 6.20 Å². The first-order valence-electron chi connectivity index (χ1n) is 6.76. The molecule has 3 nitrogen and oxygen atoms in total. The number of aromatic nitrogens is 1. The van der Waals surface area contributed by atoms with Crippen molar-refractivity contribution in [3.05, 3.63) is 59.7 Å². The zero-order valence-corrected chi connectivity index (χ0v) is 11.0. The van der Waals surface area contributed by atoms with Gasteiger partial charge in [-0.3, -0.25) is 4.98 Å². The van der Waals surface area contributed by atoms with Gasteiger partial charge in [0.25, 0.3) is 0 Å². The predicted octanol–water partition coefficient (Wildman–Crippen LogP) is 3.21. The number of hydrogen-bond acceptors (Lipinski definition) is 3. The van der Waals surface area contributed by atoms with Crippen molar-refractivity contribution in [2.75, 3.05) is 6.61 Å². The summed E-state index contributed by atoms with van der Waals surface area (Å²) in [5.74, 6) is 0.564. The summed E-state index contributed by atoms with van der Waals surface area (Å²) in [6, 6.07) is 10.7. The monoisotopic (exact) mass is 273 g/mol. The number of halogens is 1. The van der Waals surface area contributed by atoms with E-state index < -0.39 is 11.9 Å². The van der Waals surface area contributed by atoms with E-state index in [1.54, 1.807) is 0 Å². The molecule has 1 N–H and O–H groups in total. The van der Waals surface area contributed by atoms with Gasteiger partial charge in [0.1, 0.15) is 17.3 Å². The van der Waals surface area contributed by atoms with Crippen LogP contribution in [0.25, 0.3) is 0 Å². The van der Waals surface area contributed by atoms with Crippen molar-refractivity contribution in [3.8, 4) is 5.75 Å². The number of ether oxygens (including phenoxy) is 1. The van der Waals surface area contributed by atoms with Gasteiger partial charge in [-0.25, -0.2) is 4.39 Å². The van der Waals surface area contributed by atoms with Gasteiger partial charge in [0.05, 0.1) is 12.7 Å². The summed E-state index contributed by atoms with van der Waals surface area (Å²) in [4.78, 5) is 3.94. The van der Waals surface area contributed by atoms with E-state index in [1.165, 1.54) is 18.3 Å². The second kappa shape index (κ2) is 5.59. The highest BCUT2D eigenvalue weighted by Gasteiger charge is 2.25. The maximum absolute atomic E-state index is 13.6. The van der Waals surface area contributed by atoms with Crippen LogP contribution >= 0.6 is 0 Å². The van der Waals surface area contributed by atoms with Crippen molar-refractivity contribution in [1.82, 2.24) is 4.98 Å². The minimum atomic E-state index is -0.896. The summed E-state index contributed by atoms with van der Waals surface area (Å²) in [5.41, 5.74) is 1.20. The quantitative estimate of drug-likeness (QED) is 0.933. The van der Waals surface area contributed by atoms with Gasteiger partial charge in [-0.05, 0) is 42.5 Å². The number of nitrogens with zero attached hydrogens (tertiary/aromatic N) is 1. The molecule has 20 heavy (non-hydrogen) atoms. The Labute approximate surface area is 117 Å². The number of hydrogen-bond donors (Lipinski definition) is 1. The van der Waals surface area contributed by atoms with Gasteiger partial charge in [0.2, 0.25) is 0 Å². The lowest BCUT2D eigenvalue weighted by molar-refractivity contribution is 0.137. The fourth-order valence-electron chi connectivity index (χ4n) is 2.68. The summed E-state index contributed by atoms with van der Waals surface area (Å²) in [6.07, 6.45) is 1.88. The fourth-order valence-corrected chi connectivity index (χ4v) is 2.68. The standard InChI is InChI=1S/C16H16FNO2/c17-13-5-3-8-18-16(13)14(19)10-11-7-9-20-15-6-2-1-4-12(11)15/h1-6,8,11,14,19H,7,9-10H2. The zero-order valence-electron chi connectivity index (χ0n) is 11.0. The molecular weight excluding hydrogens is 257 g/mol. The molecule has 0 bridgehead atoms. The first-order chi connectivity index (χ1) is 9.75. The van der Waals surface area contributed by atoms with E-state index >= 15 is 0 Å². The lowest BCUT2D eigenvalue weighted by Gasteiger charge is -2.27. The Kier molecular flexibility index (Phi) is 3.65. The third kappa shape index (κ3) is 2.51. The van der Waals surface area contributed by atoms with Crippen LogP contribution in [0.1, 0.15) is 36.1 Å². The molecule has 0 radical (unpaired) electrons. The van der Waals surface area contributed by atoms with Gasteiger partial charge < -0.3 is 9.84 Å². The lowest BCUT2D eigenvalue weighted by atomic mass is 9.87. The van der Waals surface area contributed by atoms with Gasteiger partial charge in [0.15, 0.2) is 0 Å². The third-order valence-electron chi connectivity index (χ3n) is 3.69. The van der Waals surface area contributed by atoms with Crippen molar-refractivity contribution in [3.63, 3.8) is 0 Å². The van der Waals surface area contributed by atoms with Gasteiger partial charge in [-0.15, -0.1) is 0 Å². The van der Waals surface area contributed by atoms with Crippen LogP contribution in [0, 0.1) is 5.82 Å². The largest absolute Gasteiger partial charge is 0.493 e. The smallest absolute Gasteiger partial charge is 0.147 e. The van der Waals surface area contributed by atoms with Crippen molar-refractivity contribution in [1.29, 1.82) is 0 Å². The highest BCUT2D eigenvalue weighted by molar-refractivity contribution is 5.37. The molecule has 0 saturated heterocycles. The summed E-state index contributed by atoms with van der Waals surface area (Å²) >= 11 is 0. The number of para-hydroxylation sites is 1. The van der Waals surface area contributed by atoms with Crippen LogP contribution in [0.15, 0.2) is 42.6 Å². The molecular formula is C16H16FNO2. The molecule has 2 heterocycles. The van der Waals surface area contributed by atoms with Crippen molar-refractivity contribution < 1.29 is 14.2 Å². The molecule has 0 aliphatic carbocycles. The maximum Gasteiger partial charge on any atom is 0.147 e. The van der Waals surface area contributed by atoms with Crippen LogP contribution in [-0.4, -0.2) is 16.7 Å². The molecule has 2 unspecified atom stereocenters. The molecule has 104 valence electrons. The molecule has 2 aromatic rings. The Morgan fingerprint density at radius 1 is 1.30 bits per heavy atom. The van der Waals surface area contributed by atoms with Crippen LogP contribution in [-0.2, 0) is 0 Å². The predicted molar refractivity (Wildman–Crippen MR) is 73.1 cm³/mol. The minimum Gasteiger partial charge on any atom is -0.493 e. The van der Waals surface area contributed by atoms with Crippen molar-refractivity contribution in [2.24, 2.45) is 0 Å². The number of aliphatic hydroxyl groups excluding tert-OH is 1. The number of fused-ring (bicyclic) bond motifs is 1. The first kappa shape index (κ1) is 13.1.